The van der Waals surface area contributed by atoms with Crippen LogP contribution in [-0.4, -0.2) is 56.3 Å². The van der Waals surface area contributed by atoms with Crippen molar-refractivity contribution in [3.05, 3.63) is 29.3 Å². The number of aromatic nitrogens is 1. The highest BCUT2D eigenvalue weighted by Gasteiger charge is 2.28. The lowest BCUT2D eigenvalue weighted by atomic mass is 10.2. The number of para-hydroxylation sites is 1. The molecule has 1 heterocycles. The van der Waals surface area contributed by atoms with Crippen LogP contribution >= 0.6 is 32.9 Å². The van der Waals surface area contributed by atoms with Gasteiger partial charge in [-0.05, 0) is 12.1 Å². The highest BCUT2D eigenvalue weighted by molar-refractivity contribution is 8.76. The number of nitrogens with one attached hydrogen (secondary N) is 1. The lowest BCUT2D eigenvalue weighted by Gasteiger charge is -2.15. The van der Waals surface area contributed by atoms with E-state index < -0.39 is 24.1 Å². The maximum Gasteiger partial charge on any atom is 0.304 e. The van der Waals surface area contributed by atoms with Crippen LogP contribution in [0.4, 0.5) is 0 Å². The second kappa shape index (κ2) is 9.97. The molecule has 4 N–H and O–H groups in total. The van der Waals surface area contributed by atoms with Crippen molar-refractivity contribution in [2.24, 2.45) is 0 Å². The maximum atomic E-state index is 11.9. The van der Waals surface area contributed by atoms with Crippen LogP contribution in [0.1, 0.15) is 17.5 Å². The molecule has 0 fully saturated rings. The first-order valence-electron chi connectivity index (χ1n) is 7.44. The molecule has 0 aliphatic heterocycles. The van der Waals surface area contributed by atoms with E-state index in [1.54, 1.807) is 6.07 Å². The van der Waals surface area contributed by atoms with Crippen LogP contribution in [0.15, 0.2) is 24.3 Å². The minimum atomic E-state index is -1.59. The Hall–Kier alpha value is -1.33. The fraction of sp³-hybridized carbons (Fsp3) is 0.400. The Morgan fingerprint density at radius 2 is 1.92 bits per heavy atom. The fourth-order valence-corrected chi connectivity index (χ4v) is 4.73. The second-order valence-electron chi connectivity index (χ2n) is 4.99. The van der Waals surface area contributed by atoms with Gasteiger partial charge in [0, 0.05) is 18.1 Å². The summed E-state index contributed by atoms with van der Waals surface area (Å²) >= 11 is 1.23. The van der Waals surface area contributed by atoms with Gasteiger partial charge in [-0.2, -0.15) is 0 Å². The number of rotatable bonds is 10. The van der Waals surface area contributed by atoms with Crippen LogP contribution in [0.3, 0.4) is 0 Å². The number of carboxylic acid groups (broad SMARTS) is 1. The normalized spacial score (nSPS) is 13.5. The van der Waals surface area contributed by atoms with E-state index in [2.05, 4.69) is 10.3 Å². The van der Waals surface area contributed by atoms with Crippen LogP contribution in [-0.2, 0) is 9.59 Å². The molecule has 7 nitrogen and oxygen atoms in total. The maximum absolute atomic E-state index is 11.9. The largest absolute Gasteiger partial charge is 0.481 e. The van der Waals surface area contributed by atoms with Gasteiger partial charge in [-0.1, -0.05) is 33.7 Å². The van der Waals surface area contributed by atoms with Gasteiger partial charge >= 0.3 is 5.97 Å². The second-order valence-corrected chi connectivity index (χ2v) is 8.75. The van der Waals surface area contributed by atoms with Gasteiger partial charge in [0.25, 0.3) is 5.91 Å². The van der Waals surface area contributed by atoms with Crippen molar-refractivity contribution in [2.75, 3.05) is 18.1 Å². The Morgan fingerprint density at radius 3 is 2.64 bits per heavy atom. The molecule has 0 saturated heterocycles. The molecule has 0 bridgehead atoms. The summed E-state index contributed by atoms with van der Waals surface area (Å²) < 4.78 is 0.874. The molecular formula is C15H18N2O5S3. The molecule has 2 aromatic rings. The van der Waals surface area contributed by atoms with Gasteiger partial charge in [-0.25, -0.2) is 4.98 Å². The summed E-state index contributed by atoms with van der Waals surface area (Å²) in [5, 5.41) is 31.5. The zero-order valence-electron chi connectivity index (χ0n) is 13.1. The molecule has 136 valence electrons. The number of aliphatic hydroxyl groups excluding tert-OH is 2. The molecule has 10 heteroatoms. The number of carbonyl (C=O) groups is 2. The van der Waals surface area contributed by atoms with Crippen molar-refractivity contribution in [3.8, 4) is 0 Å². The van der Waals surface area contributed by atoms with Gasteiger partial charge in [0.15, 0.2) is 6.10 Å². The van der Waals surface area contributed by atoms with Gasteiger partial charge in [-0.3, -0.25) is 9.59 Å². The Labute approximate surface area is 156 Å². The number of aliphatic hydroxyl groups is 2. The minimum absolute atomic E-state index is 0.0943. The number of thiazole rings is 1. The van der Waals surface area contributed by atoms with Crippen molar-refractivity contribution < 1.29 is 24.9 Å². The molecule has 0 spiro atoms. The van der Waals surface area contributed by atoms with Crippen LogP contribution in [0, 0.1) is 0 Å². The number of hydrogen-bond acceptors (Lipinski definition) is 8. The summed E-state index contributed by atoms with van der Waals surface area (Å²) in [5.74, 6) is -0.441. The van der Waals surface area contributed by atoms with Gasteiger partial charge in [-0.15, -0.1) is 11.3 Å². The highest BCUT2D eigenvalue weighted by Crippen LogP contribution is 2.28. The number of benzene rings is 1. The summed E-state index contributed by atoms with van der Waals surface area (Å²) in [6.45, 7) is 0.313. The van der Waals surface area contributed by atoms with E-state index >= 15 is 0 Å². The summed E-state index contributed by atoms with van der Waals surface area (Å²) in [4.78, 5) is 26.5. The van der Waals surface area contributed by atoms with Crippen molar-refractivity contribution in [3.63, 3.8) is 0 Å². The predicted molar refractivity (Wildman–Crippen MR) is 101 cm³/mol. The third kappa shape index (κ3) is 6.15. The monoisotopic (exact) mass is 402 g/mol. The Morgan fingerprint density at radius 1 is 1.20 bits per heavy atom. The van der Waals surface area contributed by atoms with Crippen molar-refractivity contribution in [2.45, 2.75) is 18.6 Å². The number of amides is 1. The predicted octanol–water partition coefficient (Wildman–Crippen LogP) is 1.66. The average molecular weight is 403 g/mol. The molecule has 1 aromatic carbocycles. The number of fused-ring (bicyclic) bond motifs is 1. The van der Waals surface area contributed by atoms with E-state index in [0.29, 0.717) is 28.6 Å². The van der Waals surface area contributed by atoms with Crippen LogP contribution in [0.2, 0.25) is 0 Å². The lowest BCUT2D eigenvalue weighted by molar-refractivity contribution is -0.136. The van der Waals surface area contributed by atoms with Crippen LogP contribution in [0.5, 0.6) is 0 Å². The zero-order valence-corrected chi connectivity index (χ0v) is 15.6. The van der Waals surface area contributed by atoms with E-state index in [1.165, 1.54) is 32.9 Å². The molecule has 25 heavy (non-hydrogen) atoms. The minimum Gasteiger partial charge on any atom is -0.481 e. The lowest BCUT2D eigenvalue weighted by Crippen LogP contribution is -2.39. The van der Waals surface area contributed by atoms with E-state index in [1.807, 2.05) is 18.2 Å². The average Bonchev–Trinajstić information content (AvgIpc) is 3.03. The van der Waals surface area contributed by atoms with E-state index in [4.69, 9.17) is 5.11 Å². The molecule has 0 saturated carbocycles. The third-order valence-corrected chi connectivity index (χ3v) is 6.61. The molecule has 0 aliphatic rings. The first-order valence-corrected chi connectivity index (χ1v) is 10.7. The topological polar surface area (TPSA) is 120 Å². The van der Waals surface area contributed by atoms with Crippen molar-refractivity contribution >= 4 is 55.0 Å². The molecule has 1 aromatic heterocycles. The molecule has 2 atom stereocenters. The van der Waals surface area contributed by atoms with E-state index in [-0.39, 0.29) is 6.42 Å². The quantitative estimate of drug-likeness (QED) is 0.350. The Bertz CT molecular complexity index is 691. The Balaban J connectivity index is 1.74. The van der Waals surface area contributed by atoms with Gasteiger partial charge in [0.1, 0.15) is 11.1 Å². The molecule has 1 amide bonds. The van der Waals surface area contributed by atoms with Crippen LogP contribution in [0.25, 0.3) is 10.2 Å². The van der Waals surface area contributed by atoms with Crippen LogP contribution < -0.4 is 5.32 Å². The SMILES string of the molecule is O=C(O)CCSSCCNC(=O)C(O)C(O)c1nc2ccccc2s1. The van der Waals surface area contributed by atoms with Gasteiger partial charge in [0.05, 0.1) is 16.6 Å². The van der Waals surface area contributed by atoms with Crippen molar-refractivity contribution in [1.82, 2.24) is 10.3 Å². The summed E-state index contributed by atoms with van der Waals surface area (Å²) in [5.41, 5.74) is 0.712. The van der Waals surface area contributed by atoms with Crippen molar-refractivity contribution in [1.29, 1.82) is 0 Å². The first kappa shape index (κ1) is 20.0. The highest BCUT2D eigenvalue weighted by atomic mass is 33.1. The summed E-state index contributed by atoms with van der Waals surface area (Å²) in [7, 11) is 2.85. The number of carboxylic acids is 1. The number of nitrogens with zero attached hydrogens (tertiary/aromatic N) is 1. The molecule has 0 radical (unpaired) electrons. The molecule has 0 aliphatic carbocycles. The smallest absolute Gasteiger partial charge is 0.304 e. The summed E-state index contributed by atoms with van der Waals surface area (Å²) in [6.07, 6.45) is -2.88. The van der Waals surface area contributed by atoms with Gasteiger partial charge in [0.2, 0.25) is 0 Å². The summed E-state index contributed by atoms with van der Waals surface area (Å²) in [6, 6.07) is 7.34. The Kier molecular flexibility index (Phi) is 7.97. The third-order valence-electron chi connectivity index (χ3n) is 3.10. The standard InChI is InChI=1S/C15H18N2O5S3/c18-11(19)5-7-23-24-8-6-16-14(22)12(20)13(21)15-17-9-3-1-2-4-10(9)25-15/h1-4,12-13,20-21H,5-8H2,(H,16,22)(H,18,19). The number of hydrogen-bond donors (Lipinski definition) is 4. The number of carbonyl (C=O) groups excluding carboxylic acids is 1. The molecule has 2 unspecified atom stereocenters. The fourth-order valence-electron chi connectivity index (χ4n) is 1.86. The van der Waals surface area contributed by atoms with E-state index in [0.717, 1.165) is 4.70 Å². The zero-order chi connectivity index (χ0) is 18.2. The molecule has 2 rings (SSSR count). The van der Waals surface area contributed by atoms with Gasteiger partial charge < -0.3 is 20.6 Å². The number of aliphatic carboxylic acids is 1. The molecular weight excluding hydrogens is 384 g/mol. The first-order chi connectivity index (χ1) is 12.0. The van der Waals surface area contributed by atoms with E-state index in [9.17, 15) is 19.8 Å².